The molecule has 0 atom stereocenters. The highest BCUT2D eigenvalue weighted by Gasteiger charge is 2.33. The maximum atomic E-state index is 12.7. The molecule has 1 heterocycles. The second-order valence-electron chi connectivity index (χ2n) is 7.76. The largest absolute Gasteiger partial charge is 0.481 e. The van der Waals surface area contributed by atoms with Gasteiger partial charge in [-0.15, -0.1) is 0 Å². The van der Waals surface area contributed by atoms with Gasteiger partial charge in [0.2, 0.25) is 15.9 Å². The second kappa shape index (κ2) is 8.39. The van der Waals surface area contributed by atoms with Crippen LogP contribution in [0, 0.1) is 12.8 Å². The summed E-state index contributed by atoms with van der Waals surface area (Å²) in [4.78, 5) is 23.5. The van der Waals surface area contributed by atoms with E-state index in [1.165, 1.54) is 4.31 Å². The molecule has 1 fully saturated rings. The zero-order valence-electron chi connectivity index (χ0n) is 16.1. The Labute approximate surface area is 160 Å². The van der Waals surface area contributed by atoms with Crippen molar-refractivity contribution in [1.82, 2.24) is 9.62 Å². The lowest BCUT2D eigenvalue weighted by Crippen LogP contribution is -2.49. The number of benzene rings is 1. The minimum atomic E-state index is -3.54. The average Bonchev–Trinajstić information content (AvgIpc) is 2.60. The molecule has 0 aromatic heterocycles. The molecule has 1 aromatic rings. The maximum Gasteiger partial charge on any atom is 0.303 e. The van der Waals surface area contributed by atoms with Crippen LogP contribution >= 0.6 is 0 Å². The second-order valence-corrected chi connectivity index (χ2v) is 9.70. The molecule has 1 saturated heterocycles. The molecule has 0 aliphatic carbocycles. The van der Waals surface area contributed by atoms with Crippen LogP contribution in [0.15, 0.2) is 29.2 Å². The van der Waals surface area contributed by atoms with Crippen molar-refractivity contribution in [3.8, 4) is 0 Å². The number of sulfonamides is 1. The number of aliphatic carboxylic acids is 1. The minimum absolute atomic E-state index is 0.0134. The molecular formula is C19H28N2O5S. The molecule has 1 amide bonds. The Bertz CT molecular complexity index is 779. The molecule has 2 N–H and O–H groups in total. The lowest BCUT2D eigenvalue weighted by atomic mass is 9.93. The van der Waals surface area contributed by atoms with Gasteiger partial charge in [0.05, 0.1) is 4.90 Å². The molecule has 0 spiro atoms. The maximum absolute atomic E-state index is 12.7. The molecule has 1 aliphatic rings. The molecule has 150 valence electrons. The van der Waals surface area contributed by atoms with E-state index in [2.05, 4.69) is 5.32 Å². The van der Waals surface area contributed by atoms with Crippen molar-refractivity contribution in [3.63, 3.8) is 0 Å². The van der Waals surface area contributed by atoms with Crippen molar-refractivity contribution >= 4 is 21.9 Å². The van der Waals surface area contributed by atoms with Gasteiger partial charge in [0.1, 0.15) is 0 Å². The molecule has 1 aliphatic heterocycles. The predicted octanol–water partition coefficient (Wildman–Crippen LogP) is 2.16. The Morgan fingerprint density at radius 1 is 1.19 bits per heavy atom. The van der Waals surface area contributed by atoms with Crippen LogP contribution in [0.4, 0.5) is 0 Å². The van der Waals surface area contributed by atoms with Crippen molar-refractivity contribution in [3.05, 3.63) is 29.8 Å². The first-order chi connectivity index (χ1) is 12.5. The first kappa shape index (κ1) is 21.4. The van der Waals surface area contributed by atoms with Gasteiger partial charge >= 0.3 is 5.97 Å². The Morgan fingerprint density at radius 2 is 1.74 bits per heavy atom. The van der Waals surface area contributed by atoms with Gasteiger partial charge in [0.25, 0.3) is 0 Å². The number of nitrogens with zero attached hydrogens (tertiary/aromatic N) is 1. The monoisotopic (exact) mass is 396 g/mol. The van der Waals surface area contributed by atoms with E-state index in [0.717, 1.165) is 5.56 Å². The predicted molar refractivity (Wildman–Crippen MR) is 102 cm³/mol. The van der Waals surface area contributed by atoms with Crippen molar-refractivity contribution in [2.75, 3.05) is 13.1 Å². The summed E-state index contributed by atoms with van der Waals surface area (Å²) in [5, 5.41) is 11.7. The highest BCUT2D eigenvalue weighted by Crippen LogP contribution is 2.25. The van der Waals surface area contributed by atoms with Crippen molar-refractivity contribution in [2.45, 2.75) is 56.9 Å². The van der Waals surface area contributed by atoms with Crippen molar-refractivity contribution in [1.29, 1.82) is 0 Å². The van der Waals surface area contributed by atoms with Crippen LogP contribution in [-0.2, 0) is 19.6 Å². The number of hydrogen-bond acceptors (Lipinski definition) is 4. The fourth-order valence-corrected chi connectivity index (χ4v) is 4.60. The zero-order valence-corrected chi connectivity index (χ0v) is 16.9. The number of amides is 1. The summed E-state index contributed by atoms with van der Waals surface area (Å²) in [6.07, 6.45) is 1.23. The van der Waals surface area contributed by atoms with E-state index in [9.17, 15) is 18.0 Å². The van der Waals surface area contributed by atoms with E-state index in [1.54, 1.807) is 38.1 Å². The Morgan fingerprint density at radius 3 is 2.26 bits per heavy atom. The number of rotatable bonds is 7. The van der Waals surface area contributed by atoms with Crippen LogP contribution < -0.4 is 5.32 Å². The molecule has 0 radical (unpaired) electrons. The third-order valence-electron chi connectivity index (χ3n) is 4.91. The van der Waals surface area contributed by atoms with Gasteiger partial charge in [0, 0.05) is 31.0 Å². The quantitative estimate of drug-likeness (QED) is 0.735. The van der Waals surface area contributed by atoms with Gasteiger partial charge in [-0.3, -0.25) is 9.59 Å². The van der Waals surface area contributed by atoms with Crippen LogP contribution in [0.2, 0.25) is 0 Å². The lowest BCUT2D eigenvalue weighted by molar-refractivity contribution is -0.138. The minimum Gasteiger partial charge on any atom is -0.481 e. The van der Waals surface area contributed by atoms with Crippen molar-refractivity contribution in [2.24, 2.45) is 5.92 Å². The number of aryl methyl sites for hydroxylation is 1. The number of carbonyl (C=O) groups excluding carboxylic acids is 1. The molecule has 2 rings (SSSR count). The third-order valence-corrected chi connectivity index (χ3v) is 6.82. The van der Waals surface area contributed by atoms with Crippen molar-refractivity contribution < 1.29 is 23.1 Å². The summed E-state index contributed by atoms with van der Waals surface area (Å²) in [6, 6.07) is 6.75. The SMILES string of the molecule is Cc1ccc(S(=O)(=O)N2CCC(C(=O)NC(C)(C)CCC(=O)O)CC2)cc1. The Kier molecular flexibility index (Phi) is 6.64. The number of piperidine rings is 1. The van der Waals surface area contributed by atoms with Gasteiger partial charge < -0.3 is 10.4 Å². The normalized spacial score (nSPS) is 16.9. The van der Waals surface area contributed by atoms with Gasteiger partial charge in [-0.1, -0.05) is 17.7 Å². The summed E-state index contributed by atoms with van der Waals surface area (Å²) in [5.41, 5.74) is 0.385. The molecule has 7 nitrogen and oxygen atoms in total. The number of carboxylic acids is 1. The number of carboxylic acid groups (broad SMARTS) is 1. The molecule has 1 aromatic carbocycles. The van der Waals surface area contributed by atoms with Crippen LogP contribution in [0.25, 0.3) is 0 Å². The molecule has 8 heteroatoms. The van der Waals surface area contributed by atoms with Gasteiger partial charge in [-0.05, 0) is 52.2 Å². The summed E-state index contributed by atoms with van der Waals surface area (Å²) < 4.78 is 26.9. The Balaban J connectivity index is 1.93. The molecule has 0 saturated carbocycles. The zero-order chi connectivity index (χ0) is 20.2. The van der Waals surface area contributed by atoms with Crippen LogP contribution in [0.3, 0.4) is 0 Å². The first-order valence-electron chi connectivity index (χ1n) is 9.12. The van der Waals surface area contributed by atoms with Crippen LogP contribution in [0.1, 0.15) is 45.1 Å². The highest BCUT2D eigenvalue weighted by molar-refractivity contribution is 7.89. The summed E-state index contributed by atoms with van der Waals surface area (Å²) in [6.45, 7) is 6.09. The van der Waals surface area contributed by atoms with E-state index in [0.29, 0.717) is 32.4 Å². The topological polar surface area (TPSA) is 104 Å². The summed E-state index contributed by atoms with van der Waals surface area (Å²) in [7, 11) is -3.54. The number of carbonyl (C=O) groups is 2. The van der Waals surface area contributed by atoms with E-state index >= 15 is 0 Å². The smallest absolute Gasteiger partial charge is 0.303 e. The van der Waals surface area contributed by atoms with E-state index in [1.807, 2.05) is 6.92 Å². The van der Waals surface area contributed by atoms with E-state index < -0.39 is 21.5 Å². The molecule has 0 bridgehead atoms. The number of nitrogens with one attached hydrogen (secondary N) is 1. The standard InChI is InChI=1S/C19H28N2O5S/c1-14-4-6-16(7-5-14)27(25,26)21-12-9-15(10-13-21)18(24)20-19(2,3)11-8-17(22)23/h4-7,15H,8-13H2,1-3H3,(H,20,24)(H,22,23). The fourth-order valence-electron chi connectivity index (χ4n) is 3.14. The van der Waals surface area contributed by atoms with Gasteiger partial charge in [0.15, 0.2) is 0 Å². The highest BCUT2D eigenvalue weighted by atomic mass is 32.2. The average molecular weight is 397 g/mol. The van der Waals surface area contributed by atoms with Gasteiger partial charge in [-0.25, -0.2) is 8.42 Å². The molecular weight excluding hydrogens is 368 g/mol. The van der Waals surface area contributed by atoms with E-state index in [-0.39, 0.29) is 23.1 Å². The van der Waals surface area contributed by atoms with E-state index in [4.69, 9.17) is 5.11 Å². The Hall–Kier alpha value is -1.93. The first-order valence-corrected chi connectivity index (χ1v) is 10.6. The molecule has 0 unspecified atom stereocenters. The van der Waals surface area contributed by atoms with Crippen LogP contribution in [0.5, 0.6) is 0 Å². The van der Waals surface area contributed by atoms with Gasteiger partial charge in [-0.2, -0.15) is 4.31 Å². The summed E-state index contributed by atoms with van der Waals surface area (Å²) in [5.74, 6) is -1.30. The third kappa shape index (κ3) is 5.77. The number of hydrogen-bond donors (Lipinski definition) is 2. The lowest BCUT2D eigenvalue weighted by Gasteiger charge is -2.33. The van der Waals surface area contributed by atoms with Crippen LogP contribution in [-0.4, -0.2) is 48.3 Å². The fraction of sp³-hybridized carbons (Fsp3) is 0.579. The molecule has 27 heavy (non-hydrogen) atoms. The summed E-state index contributed by atoms with van der Waals surface area (Å²) >= 11 is 0.